The Morgan fingerprint density at radius 1 is 1.39 bits per heavy atom. The van der Waals surface area contributed by atoms with Gasteiger partial charge in [0, 0.05) is 13.2 Å². The molecule has 1 aromatic carbocycles. The molecule has 0 aliphatic rings. The minimum absolute atomic E-state index is 0.0510. The molecule has 0 aliphatic heterocycles. The SMILES string of the molecule is COc1cc(C=C(C#N)c2nc3cccnc3n2C)ccc1O. The molecular weight excluding hydrogens is 292 g/mol. The number of rotatable bonds is 3. The van der Waals surface area contributed by atoms with E-state index < -0.39 is 0 Å². The van der Waals surface area contributed by atoms with Crippen LogP contribution in [0.25, 0.3) is 22.8 Å². The number of allylic oxidation sites excluding steroid dienone is 1. The largest absolute Gasteiger partial charge is 0.504 e. The number of phenolic OH excluding ortho intramolecular Hbond substituents is 1. The van der Waals surface area contributed by atoms with Crippen molar-refractivity contribution in [2.24, 2.45) is 7.05 Å². The van der Waals surface area contributed by atoms with Gasteiger partial charge in [-0.05, 0) is 35.9 Å². The van der Waals surface area contributed by atoms with E-state index in [-0.39, 0.29) is 5.75 Å². The van der Waals surface area contributed by atoms with Crippen molar-refractivity contribution < 1.29 is 9.84 Å². The van der Waals surface area contributed by atoms with Gasteiger partial charge >= 0.3 is 0 Å². The molecule has 0 aliphatic carbocycles. The minimum atomic E-state index is 0.0510. The molecule has 3 rings (SSSR count). The lowest BCUT2D eigenvalue weighted by molar-refractivity contribution is 0.373. The van der Waals surface area contributed by atoms with Crippen molar-refractivity contribution in [3.05, 3.63) is 47.9 Å². The maximum atomic E-state index is 9.65. The molecule has 0 radical (unpaired) electrons. The number of hydrogen-bond acceptors (Lipinski definition) is 5. The van der Waals surface area contributed by atoms with Gasteiger partial charge in [0.25, 0.3) is 0 Å². The van der Waals surface area contributed by atoms with Crippen molar-refractivity contribution in [3.63, 3.8) is 0 Å². The Morgan fingerprint density at radius 3 is 2.91 bits per heavy atom. The van der Waals surface area contributed by atoms with Crippen molar-refractivity contribution in [1.29, 1.82) is 5.26 Å². The highest BCUT2D eigenvalue weighted by atomic mass is 16.5. The lowest BCUT2D eigenvalue weighted by atomic mass is 10.1. The average Bonchev–Trinajstić information content (AvgIpc) is 2.91. The number of fused-ring (bicyclic) bond motifs is 1. The van der Waals surface area contributed by atoms with Gasteiger partial charge in [-0.25, -0.2) is 9.97 Å². The number of imidazole rings is 1. The zero-order valence-electron chi connectivity index (χ0n) is 12.7. The Kier molecular flexibility index (Phi) is 3.69. The molecule has 2 heterocycles. The van der Waals surface area contributed by atoms with Crippen LogP contribution in [0.15, 0.2) is 36.5 Å². The molecule has 2 aromatic heterocycles. The molecule has 114 valence electrons. The second kappa shape index (κ2) is 5.81. The van der Waals surface area contributed by atoms with E-state index in [9.17, 15) is 10.4 Å². The highest BCUT2D eigenvalue weighted by molar-refractivity contribution is 5.90. The van der Waals surface area contributed by atoms with Crippen LogP contribution >= 0.6 is 0 Å². The number of nitriles is 1. The van der Waals surface area contributed by atoms with Gasteiger partial charge in [0.05, 0.1) is 12.7 Å². The van der Waals surface area contributed by atoms with E-state index >= 15 is 0 Å². The summed E-state index contributed by atoms with van der Waals surface area (Å²) in [6.07, 6.45) is 3.39. The van der Waals surface area contributed by atoms with E-state index in [1.807, 2.05) is 13.1 Å². The van der Waals surface area contributed by atoms with Gasteiger partial charge in [-0.15, -0.1) is 0 Å². The fraction of sp³-hybridized carbons (Fsp3) is 0.118. The van der Waals surface area contributed by atoms with Crippen LogP contribution in [0.1, 0.15) is 11.4 Å². The number of aromatic nitrogens is 3. The number of benzene rings is 1. The van der Waals surface area contributed by atoms with Crippen LogP contribution in [0.5, 0.6) is 11.5 Å². The highest BCUT2D eigenvalue weighted by Gasteiger charge is 2.13. The molecule has 6 nitrogen and oxygen atoms in total. The Morgan fingerprint density at radius 2 is 2.22 bits per heavy atom. The summed E-state index contributed by atoms with van der Waals surface area (Å²) in [6.45, 7) is 0. The molecular formula is C17H14N4O2. The first-order valence-corrected chi connectivity index (χ1v) is 6.90. The summed E-state index contributed by atoms with van der Waals surface area (Å²) >= 11 is 0. The van der Waals surface area contributed by atoms with Crippen molar-refractivity contribution >= 4 is 22.8 Å². The lowest BCUT2D eigenvalue weighted by Crippen LogP contribution is -1.97. The van der Waals surface area contributed by atoms with Crippen molar-refractivity contribution in [2.45, 2.75) is 0 Å². The molecule has 1 N–H and O–H groups in total. The van der Waals surface area contributed by atoms with Gasteiger partial charge in [-0.3, -0.25) is 0 Å². The fourth-order valence-corrected chi connectivity index (χ4v) is 2.36. The monoisotopic (exact) mass is 306 g/mol. The summed E-state index contributed by atoms with van der Waals surface area (Å²) in [6, 6.07) is 10.7. The first kappa shape index (κ1) is 14.6. The normalized spacial score (nSPS) is 11.4. The summed E-state index contributed by atoms with van der Waals surface area (Å²) < 4.78 is 6.87. The maximum absolute atomic E-state index is 9.65. The number of pyridine rings is 1. The third-order valence-electron chi connectivity index (χ3n) is 3.50. The summed E-state index contributed by atoms with van der Waals surface area (Å²) in [5.41, 5.74) is 2.58. The predicted octanol–water partition coefficient (Wildman–Crippen LogP) is 2.75. The van der Waals surface area contributed by atoms with Crippen LogP contribution in [0.4, 0.5) is 0 Å². The van der Waals surface area contributed by atoms with Crippen molar-refractivity contribution in [2.75, 3.05) is 7.11 Å². The number of phenols is 1. The van der Waals surface area contributed by atoms with Crippen LogP contribution in [0.3, 0.4) is 0 Å². The van der Waals surface area contributed by atoms with Gasteiger partial charge in [0.1, 0.15) is 11.6 Å². The topological polar surface area (TPSA) is 84.0 Å². The van der Waals surface area contributed by atoms with Gasteiger partial charge in [-0.2, -0.15) is 5.26 Å². The average molecular weight is 306 g/mol. The van der Waals surface area contributed by atoms with Crippen LogP contribution < -0.4 is 4.74 Å². The van der Waals surface area contributed by atoms with Gasteiger partial charge in [0.15, 0.2) is 23.0 Å². The highest BCUT2D eigenvalue weighted by Crippen LogP contribution is 2.28. The van der Waals surface area contributed by atoms with E-state index in [0.717, 1.165) is 11.1 Å². The van der Waals surface area contributed by atoms with Crippen LogP contribution in [0.2, 0.25) is 0 Å². The second-order valence-corrected chi connectivity index (χ2v) is 4.94. The van der Waals surface area contributed by atoms with Gasteiger partial charge < -0.3 is 14.4 Å². The van der Waals surface area contributed by atoms with Crippen LogP contribution in [-0.4, -0.2) is 26.8 Å². The Hall–Kier alpha value is -3.33. The number of hydrogen-bond donors (Lipinski definition) is 1. The number of methoxy groups -OCH3 is 1. The van der Waals surface area contributed by atoms with E-state index in [0.29, 0.717) is 22.8 Å². The predicted molar refractivity (Wildman–Crippen MR) is 86.7 cm³/mol. The Bertz CT molecular complexity index is 951. The Labute approximate surface area is 132 Å². The molecule has 0 saturated heterocycles. The zero-order valence-corrected chi connectivity index (χ0v) is 12.7. The molecule has 6 heteroatoms. The third-order valence-corrected chi connectivity index (χ3v) is 3.50. The lowest BCUT2D eigenvalue weighted by Gasteiger charge is -2.05. The zero-order chi connectivity index (χ0) is 16.4. The standard InChI is InChI=1S/C17H14N4O2/c1-21-16(20-13-4-3-7-19-17(13)21)12(10-18)8-11-5-6-14(22)15(9-11)23-2/h3-9,22H,1-2H3. The summed E-state index contributed by atoms with van der Waals surface area (Å²) in [5.74, 6) is 0.936. The summed E-state index contributed by atoms with van der Waals surface area (Å²) in [7, 11) is 3.30. The summed E-state index contributed by atoms with van der Waals surface area (Å²) in [4.78, 5) is 8.74. The van der Waals surface area contributed by atoms with Gasteiger partial charge in [0.2, 0.25) is 0 Å². The molecule has 0 spiro atoms. The maximum Gasteiger partial charge on any atom is 0.161 e. The molecule has 0 saturated carbocycles. The van der Waals surface area contributed by atoms with E-state index in [4.69, 9.17) is 4.74 Å². The second-order valence-electron chi connectivity index (χ2n) is 4.94. The number of ether oxygens (including phenoxy) is 1. The van der Waals surface area contributed by atoms with E-state index in [1.165, 1.54) is 13.2 Å². The van der Waals surface area contributed by atoms with Crippen LogP contribution in [-0.2, 0) is 7.05 Å². The van der Waals surface area contributed by atoms with Crippen molar-refractivity contribution in [1.82, 2.24) is 14.5 Å². The molecule has 0 unspecified atom stereocenters. The molecule has 23 heavy (non-hydrogen) atoms. The number of nitrogens with zero attached hydrogens (tertiary/aromatic N) is 4. The fourth-order valence-electron chi connectivity index (χ4n) is 2.36. The molecule has 3 aromatic rings. The van der Waals surface area contributed by atoms with E-state index in [2.05, 4.69) is 16.0 Å². The number of aromatic hydroxyl groups is 1. The van der Waals surface area contributed by atoms with Crippen molar-refractivity contribution in [3.8, 4) is 17.6 Å². The van der Waals surface area contributed by atoms with E-state index in [1.54, 1.807) is 35.0 Å². The third kappa shape index (κ3) is 2.60. The quantitative estimate of drug-likeness (QED) is 0.752. The summed E-state index contributed by atoms with van der Waals surface area (Å²) in [5, 5.41) is 19.1. The molecule has 0 amide bonds. The smallest absolute Gasteiger partial charge is 0.161 e. The molecule has 0 fully saturated rings. The van der Waals surface area contributed by atoms with Crippen LogP contribution in [0, 0.1) is 11.3 Å². The molecule has 0 atom stereocenters. The first-order valence-electron chi connectivity index (χ1n) is 6.90. The molecule has 0 bridgehead atoms. The Balaban J connectivity index is 2.11. The number of aryl methyl sites for hydroxylation is 1. The first-order chi connectivity index (χ1) is 11.1. The minimum Gasteiger partial charge on any atom is -0.504 e. The van der Waals surface area contributed by atoms with Gasteiger partial charge in [-0.1, -0.05) is 6.07 Å².